The third-order valence-corrected chi connectivity index (χ3v) is 0.319. The summed E-state index contributed by atoms with van der Waals surface area (Å²) in [5.41, 5.74) is 0. The summed E-state index contributed by atoms with van der Waals surface area (Å²) in [5, 5.41) is 10.6. The second-order valence-electron chi connectivity index (χ2n) is 1.39. The fourth-order valence-electron chi connectivity index (χ4n) is 0.123. The summed E-state index contributed by atoms with van der Waals surface area (Å²) in [6, 6.07) is 0. The first kappa shape index (κ1) is 11.0. The molecule has 0 amide bonds. The van der Waals surface area contributed by atoms with Crippen LogP contribution in [-0.4, -0.2) is 25.2 Å². The summed E-state index contributed by atoms with van der Waals surface area (Å²) in [5.74, 6) is -0.829. The van der Waals surface area contributed by atoms with Gasteiger partial charge >= 0.3 is 5.97 Å². The predicted molar refractivity (Wildman–Crippen MR) is 37.4 cm³/mol. The second-order valence-corrected chi connectivity index (χ2v) is 1.39. The maximum Gasteiger partial charge on any atom is 0.307 e. The molecule has 0 bridgehead atoms. The van der Waals surface area contributed by atoms with Crippen LogP contribution in [-0.2, 0) is 4.79 Å². The molecule has 0 rings (SSSR count). The van der Waals surface area contributed by atoms with Crippen LogP contribution in [0.4, 0.5) is 0 Å². The van der Waals surface area contributed by atoms with Crippen LogP contribution >= 0.6 is 0 Å². The van der Waals surface area contributed by atoms with Crippen molar-refractivity contribution in [2.45, 2.75) is 6.42 Å². The zero-order chi connectivity index (χ0) is 7.70. The molecule has 0 saturated heterocycles. The predicted octanol–water partition coefficient (Wildman–Crippen LogP) is 0.483. The van der Waals surface area contributed by atoms with E-state index in [1.165, 1.54) is 6.08 Å². The molecule has 0 aromatic carbocycles. The summed E-state index contributed by atoms with van der Waals surface area (Å²) in [7, 11) is 3.75. The number of rotatable bonds is 2. The highest BCUT2D eigenvalue weighted by Crippen LogP contribution is 1.74. The Bertz CT molecular complexity index is 81.1. The number of nitrogens with one attached hydrogen (secondary N) is 1. The molecule has 0 atom stereocenters. The number of aliphatic carboxylic acids is 1. The van der Waals surface area contributed by atoms with Crippen LogP contribution in [0.15, 0.2) is 12.7 Å². The molecular weight excluding hydrogens is 118 g/mol. The molecule has 0 aromatic rings. The Hall–Kier alpha value is -0.830. The molecule has 0 aliphatic rings. The topological polar surface area (TPSA) is 49.3 Å². The summed E-state index contributed by atoms with van der Waals surface area (Å²) in [4.78, 5) is 9.53. The SMILES string of the molecule is C=CCC(=O)O.CNC. The van der Waals surface area contributed by atoms with Crippen molar-refractivity contribution in [3.63, 3.8) is 0 Å². The number of carboxylic acid groups (broad SMARTS) is 1. The first-order valence-corrected chi connectivity index (χ1v) is 2.60. The summed E-state index contributed by atoms with van der Waals surface area (Å²) < 4.78 is 0. The van der Waals surface area contributed by atoms with Crippen molar-refractivity contribution in [2.24, 2.45) is 0 Å². The Morgan fingerprint density at radius 2 is 2.11 bits per heavy atom. The van der Waals surface area contributed by atoms with Crippen molar-refractivity contribution in [2.75, 3.05) is 14.1 Å². The third-order valence-electron chi connectivity index (χ3n) is 0.319. The van der Waals surface area contributed by atoms with Gasteiger partial charge in [-0.15, -0.1) is 6.58 Å². The molecule has 0 unspecified atom stereocenters. The van der Waals surface area contributed by atoms with Gasteiger partial charge in [0.25, 0.3) is 0 Å². The van der Waals surface area contributed by atoms with E-state index in [-0.39, 0.29) is 6.42 Å². The Morgan fingerprint density at radius 3 is 2.11 bits per heavy atom. The smallest absolute Gasteiger partial charge is 0.307 e. The molecule has 3 heteroatoms. The molecule has 3 nitrogen and oxygen atoms in total. The van der Waals surface area contributed by atoms with E-state index in [9.17, 15) is 4.79 Å². The summed E-state index contributed by atoms with van der Waals surface area (Å²) in [6.45, 7) is 3.22. The second kappa shape index (κ2) is 10.2. The fourth-order valence-corrected chi connectivity index (χ4v) is 0.123. The van der Waals surface area contributed by atoms with Crippen LogP contribution in [0.2, 0.25) is 0 Å². The lowest BCUT2D eigenvalue weighted by Crippen LogP contribution is -1.89. The molecule has 2 N–H and O–H groups in total. The van der Waals surface area contributed by atoms with Crippen LogP contribution in [0.25, 0.3) is 0 Å². The zero-order valence-corrected chi connectivity index (χ0v) is 5.85. The molecule has 0 saturated carbocycles. The number of hydrogen-bond acceptors (Lipinski definition) is 2. The van der Waals surface area contributed by atoms with Gasteiger partial charge in [0, 0.05) is 0 Å². The van der Waals surface area contributed by atoms with Crippen LogP contribution in [0, 0.1) is 0 Å². The lowest BCUT2D eigenvalue weighted by atomic mass is 10.4. The molecule has 0 fully saturated rings. The van der Waals surface area contributed by atoms with Gasteiger partial charge in [-0.1, -0.05) is 6.08 Å². The minimum atomic E-state index is -0.829. The van der Waals surface area contributed by atoms with Gasteiger partial charge in [-0.3, -0.25) is 4.79 Å². The van der Waals surface area contributed by atoms with E-state index in [1.54, 1.807) is 0 Å². The van der Waals surface area contributed by atoms with Crippen LogP contribution in [0.3, 0.4) is 0 Å². The van der Waals surface area contributed by atoms with E-state index >= 15 is 0 Å². The number of carboxylic acids is 1. The average molecular weight is 131 g/mol. The van der Waals surface area contributed by atoms with Gasteiger partial charge < -0.3 is 10.4 Å². The highest BCUT2D eigenvalue weighted by Gasteiger charge is 1.84. The van der Waals surface area contributed by atoms with Gasteiger partial charge in [0.05, 0.1) is 6.42 Å². The van der Waals surface area contributed by atoms with Crippen molar-refractivity contribution in [1.29, 1.82) is 0 Å². The first-order valence-electron chi connectivity index (χ1n) is 2.60. The van der Waals surface area contributed by atoms with Gasteiger partial charge in [-0.05, 0) is 14.1 Å². The number of carbonyl (C=O) groups is 1. The van der Waals surface area contributed by atoms with Crippen molar-refractivity contribution >= 4 is 5.97 Å². The zero-order valence-electron chi connectivity index (χ0n) is 5.85. The molecule has 0 spiro atoms. The first-order chi connectivity index (χ1) is 4.18. The molecule has 0 aliphatic carbocycles. The van der Waals surface area contributed by atoms with Gasteiger partial charge in [-0.2, -0.15) is 0 Å². The molecule has 0 radical (unpaired) electrons. The van der Waals surface area contributed by atoms with Crippen LogP contribution in [0.1, 0.15) is 6.42 Å². The van der Waals surface area contributed by atoms with Gasteiger partial charge in [-0.25, -0.2) is 0 Å². The quantitative estimate of drug-likeness (QED) is 0.536. The largest absolute Gasteiger partial charge is 0.481 e. The van der Waals surface area contributed by atoms with Crippen LogP contribution in [0.5, 0.6) is 0 Å². The number of hydrogen-bond donors (Lipinski definition) is 2. The van der Waals surface area contributed by atoms with Crippen molar-refractivity contribution in [3.8, 4) is 0 Å². The maximum absolute atomic E-state index is 9.53. The molecule has 9 heavy (non-hydrogen) atoms. The Morgan fingerprint density at radius 1 is 1.78 bits per heavy atom. The monoisotopic (exact) mass is 131 g/mol. The van der Waals surface area contributed by atoms with E-state index in [2.05, 4.69) is 11.9 Å². The minimum absolute atomic E-state index is 0.0556. The highest BCUT2D eigenvalue weighted by molar-refractivity contribution is 5.68. The molecule has 0 aromatic heterocycles. The van der Waals surface area contributed by atoms with Gasteiger partial charge in [0.15, 0.2) is 0 Å². The lowest BCUT2D eigenvalue weighted by molar-refractivity contribution is -0.135. The van der Waals surface area contributed by atoms with Crippen molar-refractivity contribution in [3.05, 3.63) is 12.7 Å². The average Bonchev–Trinajstić information content (AvgIpc) is 1.67. The Labute approximate surface area is 55.4 Å². The molecule has 0 aliphatic heterocycles. The third kappa shape index (κ3) is 40.7. The standard InChI is InChI=1S/C4H6O2.C2H7N/c1-2-3-4(5)6;1-3-2/h2H,1,3H2,(H,5,6);3H,1-2H3. The molecule has 0 heterocycles. The van der Waals surface area contributed by atoms with E-state index in [0.29, 0.717) is 0 Å². The van der Waals surface area contributed by atoms with Crippen molar-refractivity contribution < 1.29 is 9.90 Å². The van der Waals surface area contributed by atoms with E-state index in [0.717, 1.165) is 0 Å². The van der Waals surface area contributed by atoms with Gasteiger partial charge in [0.2, 0.25) is 0 Å². The van der Waals surface area contributed by atoms with Gasteiger partial charge in [0.1, 0.15) is 0 Å². The van der Waals surface area contributed by atoms with E-state index in [1.807, 2.05) is 14.1 Å². The lowest BCUT2D eigenvalue weighted by Gasteiger charge is -1.75. The van der Waals surface area contributed by atoms with Crippen LogP contribution < -0.4 is 5.32 Å². The highest BCUT2D eigenvalue weighted by atomic mass is 16.4. The van der Waals surface area contributed by atoms with E-state index in [4.69, 9.17) is 5.11 Å². The maximum atomic E-state index is 9.53. The fraction of sp³-hybridized carbons (Fsp3) is 0.500. The Kier molecular flexibility index (Phi) is 12.5. The summed E-state index contributed by atoms with van der Waals surface area (Å²) in [6.07, 6.45) is 1.41. The minimum Gasteiger partial charge on any atom is -0.481 e. The van der Waals surface area contributed by atoms with E-state index < -0.39 is 5.97 Å². The normalized spacial score (nSPS) is 6.89. The Balaban J connectivity index is 0. The molecule has 54 valence electrons. The summed E-state index contributed by atoms with van der Waals surface area (Å²) >= 11 is 0. The molecular formula is C6H13NO2. The van der Waals surface area contributed by atoms with Crippen molar-refractivity contribution in [1.82, 2.24) is 5.32 Å².